The molecular formula is C14H16N4S. The number of aromatic nitrogens is 3. The van der Waals surface area contributed by atoms with Crippen LogP contribution in [-0.2, 0) is 13.0 Å². The van der Waals surface area contributed by atoms with E-state index in [2.05, 4.69) is 45.0 Å². The number of anilines is 1. The largest absolute Gasteiger partial charge is 0.369 e. The predicted molar refractivity (Wildman–Crippen MR) is 79.4 cm³/mol. The lowest BCUT2D eigenvalue weighted by atomic mass is 10.2. The van der Waals surface area contributed by atoms with Crippen LogP contribution in [0.15, 0.2) is 23.6 Å². The number of hydrogen-bond acceptors (Lipinski definition) is 4. The van der Waals surface area contributed by atoms with E-state index in [1.54, 1.807) is 11.3 Å². The fraction of sp³-hybridized carbons (Fsp3) is 0.286. The first-order chi connectivity index (χ1) is 9.13. The maximum Gasteiger partial charge on any atom is 0.201 e. The molecule has 0 aliphatic rings. The lowest BCUT2D eigenvalue weighted by molar-refractivity contribution is 0.715. The van der Waals surface area contributed by atoms with Crippen LogP contribution in [-0.4, -0.2) is 14.5 Å². The summed E-state index contributed by atoms with van der Waals surface area (Å²) in [6.45, 7) is 4.90. The summed E-state index contributed by atoms with van der Waals surface area (Å²) >= 11 is 1.68. The van der Waals surface area contributed by atoms with Crippen molar-refractivity contribution >= 4 is 28.3 Å². The van der Waals surface area contributed by atoms with Crippen LogP contribution in [0.3, 0.4) is 0 Å². The number of benzene rings is 1. The van der Waals surface area contributed by atoms with Crippen LogP contribution in [0.5, 0.6) is 0 Å². The van der Waals surface area contributed by atoms with Gasteiger partial charge in [0.2, 0.25) is 5.95 Å². The summed E-state index contributed by atoms with van der Waals surface area (Å²) in [5.74, 6) is 0.576. The molecule has 2 N–H and O–H groups in total. The molecule has 3 aromatic rings. The highest BCUT2D eigenvalue weighted by atomic mass is 32.1. The summed E-state index contributed by atoms with van der Waals surface area (Å²) in [5.41, 5.74) is 10.4. The van der Waals surface area contributed by atoms with Crippen molar-refractivity contribution in [3.8, 4) is 0 Å². The number of fused-ring (bicyclic) bond motifs is 1. The SMILES string of the molecule is Cc1ccc2c(c1)nc(N)n2CCc1csc(C)n1. The van der Waals surface area contributed by atoms with Crippen LogP contribution >= 0.6 is 11.3 Å². The van der Waals surface area contributed by atoms with Gasteiger partial charge in [0.1, 0.15) is 0 Å². The van der Waals surface area contributed by atoms with E-state index in [1.165, 1.54) is 5.56 Å². The number of nitrogens with zero attached hydrogens (tertiary/aromatic N) is 3. The van der Waals surface area contributed by atoms with E-state index < -0.39 is 0 Å². The topological polar surface area (TPSA) is 56.7 Å². The first-order valence-corrected chi connectivity index (χ1v) is 7.15. The van der Waals surface area contributed by atoms with Crippen molar-refractivity contribution in [3.63, 3.8) is 0 Å². The quantitative estimate of drug-likeness (QED) is 0.797. The molecule has 2 heterocycles. The molecule has 0 spiro atoms. The summed E-state index contributed by atoms with van der Waals surface area (Å²) in [5, 5.41) is 3.21. The number of aryl methyl sites for hydroxylation is 4. The molecule has 1 aromatic carbocycles. The summed E-state index contributed by atoms with van der Waals surface area (Å²) in [6.07, 6.45) is 0.883. The smallest absolute Gasteiger partial charge is 0.201 e. The highest BCUT2D eigenvalue weighted by Crippen LogP contribution is 2.20. The molecule has 0 saturated heterocycles. The minimum atomic E-state index is 0.576. The van der Waals surface area contributed by atoms with Crippen molar-refractivity contribution in [1.82, 2.24) is 14.5 Å². The molecule has 0 aliphatic heterocycles. The van der Waals surface area contributed by atoms with E-state index in [0.717, 1.165) is 34.7 Å². The third-order valence-electron chi connectivity index (χ3n) is 3.19. The number of nitrogen functional groups attached to an aromatic ring is 1. The van der Waals surface area contributed by atoms with Gasteiger partial charge < -0.3 is 10.3 Å². The number of hydrogen-bond donors (Lipinski definition) is 1. The fourth-order valence-corrected chi connectivity index (χ4v) is 2.89. The monoisotopic (exact) mass is 272 g/mol. The second kappa shape index (κ2) is 4.66. The van der Waals surface area contributed by atoms with Gasteiger partial charge in [-0.15, -0.1) is 11.3 Å². The zero-order valence-electron chi connectivity index (χ0n) is 11.1. The minimum Gasteiger partial charge on any atom is -0.369 e. The van der Waals surface area contributed by atoms with Crippen molar-refractivity contribution in [2.45, 2.75) is 26.8 Å². The first kappa shape index (κ1) is 12.2. The van der Waals surface area contributed by atoms with Crippen LogP contribution in [0.2, 0.25) is 0 Å². The third kappa shape index (κ3) is 2.33. The first-order valence-electron chi connectivity index (χ1n) is 6.27. The minimum absolute atomic E-state index is 0.576. The Balaban J connectivity index is 1.90. The Labute approximate surface area is 115 Å². The van der Waals surface area contributed by atoms with Crippen molar-refractivity contribution in [1.29, 1.82) is 0 Å². The van der Waals surface area contributed by atoms with Gasteiger partial charge >= 0.3 is 0 Å². The molecule has 0 bridgehead atoms. The molecule has 0 unspecified atom stereocenters. The molecule has 0 radical (unpaired) electrons. The summed E-state index contributed by atoms with van der Waals surface area (Å²) in [4.78, 5) is 8.89. The second-order valence-corrected chi connectivity index (χ2v) is 5.78. The average molecular weight is 272 g/mol. The van der Waals surface area contributed by atoms with E-state index in [1.807, 2.05) is 6.92 Å². The Bertz CT molecular complexity index is 726. The zero-order valence-corrected chi connectivity index (χ0v) is 11.9. The standard InChI is InChI=1S/C14H16N4S/c1-9-3-4-13-12(7-9)17-14(15)18(13)6-5-11-8-19-10(2)16-11/h3-4,7-8H,5-6H2,1-2H3,(H2,15,17). The number of rotatable bonds is 3. The Kier molecular flexibility index (Phi) is 2.98. The average Bonchev–Trinajstić information content (AvgIpc) is 2.89. The van der Waals surface area contributed by atoms with Crippen LogP contribution in [0.1, 0.15) is 16.3 Å². The normalized spacial score (nSPS) is 11.3. The Hall–Kier alpha value is -1.88. The molecule has 2 aromatic heterocycles. The van der Waals surface area contributed by atoms with Crippen LogP contribution in [0.4, 0.5) is 5.95 Å². The van der Waals surface area contributed by atoms with Gasteiger partial charge in [-0.05, 0) is 31.5 Å². The van der Waals surface area contributed by atoms with E-state index in [-0.39, 0.29) is 0 Å². The predicted octanol–water partition coefficient (Wildman–Crippen LogP) is 2.93. The van der Waals surface area contributed by atoms with Gasteiger partial charge in [-0.3, -0.25) is 0 Å². The van der Waals surface area contributed by atoms with E-state index in [9.17, 15) is 0 Å². The van der Waals surface area contributed by atoms with Gasteiger partial charge in [0.05, 0.1) is 21.7 Å². The maximum atomic E-state index is 6.01. The lowest BCUT2D eigenvalue weighted by Crippen LogP contribution is -2.05. The molecule has 98 valence electrons. The molecule has 3 rings (SSSR count). The molecule has 19 heavy (non-hydrogen) atoms. The van der Waals surface area contributed by atoms with Crippen molar-refractivity contribution in [2.24, 2.45) is 0 Å². The van der Waals surface area contributed by atoms with Crippen molar-refractivity contribution < 1.29 is 0 Å². The Morgan fingerprint density at radius 3 is 2.84 bits per heavy atom. The summed E-state index contributed by atoms with van der Waals surface area (Å²) < 4.78 is 2.06. The molecule has 0 atom stereocenters. The number of imidazole rings is 1. The van der Waals surface area contributed by atoms with Crippen molar-refractivity contribution in [3.05, 3.63) is 39.8 Å². The van der Waals surface area contributed by atoms with Crippen molar-refractivity contribution in [2.75, 3.05) is 5.73 Å². The zero-order chi connectivity index (χ0) is 13.4. The Morgan fingerprint density at radius 2 is 2.11 bits per heavy atom. The van der Waals surface area contributed by atoms with Gasteiger partial charge in [-0.1, -0.05) is 6.07 Å². The second-order valence-electron chi connectivity index (χ2n) is 4.72. The van der Waals surface area contributed by atoms with E-state index >= 15 is 0 Å². The maximum absolute atomic E-state index is 6.01. The molecule has 4 nitrogen and oxygen atoms in total. The third-order valence-corrected chi connectivity index (χ3v) is 4.01. The van der Waals surface area contributed by atoms with Crippen LogP contribution < -0.4 is 5.73 Å². The number of nitrogens with two attached hydrogens (primary N) is 1. The summed E-state index contributed by atoms with van der Waals surface area (Å²) in [7, 11) is 0. The molecule has 0 saturated carbocycles. The Morgan fingerprint density at radius 1 is 1.26 bits per heavy atom. The molecule has 0 fully saturated rings. The van der Waals surface area contributed by atoms with E-state index in [0.29, 0.717) is 5.95 Å². The molecular weight excluding hydrogens is 256 g/mol. The van der Waals surface area contributed by atoms with E-state index in [4.69, 9.17) is 5.73 Å². The fourth-order valence-electron chi connectivity index (χ4n) is 2.24. The van der Waals surface area contributed by atoms with Crippen LogP contribution in [0.25, 0.3) is 11.0 Å². The number of thiazole rings is 1. The molecule has 0 aliphatic carbocycles. The highest BCUT2D eigenvalue weighted by Gasteiger charge is 2.08. The summed E-state index contributed by atoms with van der Waals surface area (Å²) in [6, 6.07) is 6.24. The lowest BCUT2D eigenvalue weighted by Gasteiger charge is -2.05. The van der Waals surface area contributed by atoms with Gasteiger partial charge in [0, 0.05) is 18.3 Å². The van der Waals surface area contributed by atoms with Gasteiger partial charge in [0.15, 0.2) is 0 Å². The molecule has 5 heteroatoms. The van der Waals surface area contributed by atoms with Gasteiger partial charge in [-0.2, -0.15) is 0 Å². The van der Waals surface area contributed by atoms with Crippen LogP contribution in [0, 0.1) is 13.8 Å². The van der Waals surface area contributed by atoms with Gasteiger partial charge in [0.25, 0.3) is 0 Å². The molecule has 0 amide bonds. The van der Waals surface area contributed by atoms with Gasteiger partial charge in [-0.25, -0.2) is 9.97 Å². The highest BCUT2D eigenvalue weighted by molar-refractivity contribution is 7.09.